The van der Waals surface area contributed by atoms with Crippen molar-refractivity contribution < 1.29 is 13.9 Å². The number of rotatable bonds is 11. The lowest BCUT2D eigenvalue weighted by atomic mass is 10.1. The van der Waals surface area contributed by atoms with Gasteiger partial charge in [-0.3, -0.25) is 4.99 Å². The lowest BCUT2D eigenvalue weighted by molar-refractivity contribution is 0.199. The van der Waals surface area contributed by atoms with Gasteiger partial charge in [0.25, 0.3) is 0 Å². The minimum atomic E-state index is -0.243. The molecular formula is C23H27ClFN3O2S. The first-order chi connectivity index (χ1) is 15.1. The first-order valence-electron chi connectivity index (χ1n) is 10.1. The van der Waals surface area contributed by atoms with Crippen LogP contribution in [0.3, 0.4) is 0 Å². The third-order valence-corrected chi connectivity index (χ3v) is 5.93. The van der Waals surface area contributed by atoms with Crippen LogP contribution in [0.5, 0.6) is 5.75 Å². The standard InChI is InChI=1S/C23H27ClFN3O2S/c1-29-13-11-26-10-3-12-28-21(17-5-8-20(25)9-6-17)16-31-23(28)27-15-18-4-7-19(24)14-22(18)30-2/h4-9,14,16,26H,3,10-13,15H2,1-2H3. The van der Waals surface area contributed by atoms with Crippen molar-refractivity contribution in [2.75, 3.05) is 33.9 Å². The second-order valence-electron chi connectivity index (χ2n) is 6.93. The molecule has 0 atom stereocenters. The first kappa shape index (κ1) is 23.5. The summed E-state index contributed by atoms with van der Waals surface area (Å²) in [7, 11) is 3.32. The van der Waals surface area contributed by atoms with E-state index in [9.17, 15) is 4.39 Å². The highest BCUT2D eigenvalue weighted by molar-refractivity contribution is 7.07. The van der Waals surface area contributed by atoms with Crippen LogP contribution in [0.15, 0.2) is 52.8 Å². The number of halogens is 2. The highest BCUT2D eigenvalue weighted by Crippen LogP contribution is 2.24. The van der Waals surface area contributed by atoms with Crippen molar-refractivity contribution >= 4 is 22.9 Å². The Bertz CT molecular complexity index is 1030. The summed E-state index contributed by atoms with van der Waals surface area (Å²) in [6, 6.07) is 12.1. The normalized spacial score (nSPS) is 11.8. The maximum atomic E-state index is 13.4. The van der Waals surface area contributed by atoms with E-state index in [1.54, 1.807) is 43.8 Å². The molecule has 166 valence electrons. The van der Waals surface area contributed by atoms with E-state index in [2.05, 4.69) is 15.3 Å². The molecule has 1 N–H and O–H groups in total. The Labute approximate surface area is 191 Å². The van der Waals surface area contributed by atoms with Crippen LogP contribution in [0.25, 0.3) is 11.3 Å². The molecular weight excluding hydrogens is 437 g/mol. The smallest absolute Gasteiger partial charge is 0.185 e. The van der Waals surface area contributed by atoms with Crippen LogP contribution in [0.4, 0.5) is 4.39 Å². The molecule has 3 rings (SSSR count). The molecule has 0 bridgehead atoms. The summed E-state index contributed by atoms with van der Waals surface area (Å²) in [6.07, 6.45) is 0.937. The Hall–Kier alpha value is -2.19. The summed E-state index contributed by atoms with van der Waals surface area (Å²) < 4.78 is 26.1. The van der Waals surface area contributed by atoms with Crippen LogP contribution < -0.4 is 14.9 Å². The van der Waals surface area contributed by atoms with Crippen LogP contribution in [0, 0.1) is 5.82 Å². The molecule has 0 saturated heterocycles. The quantitative estimate of drug-likeness (QED) is 0.418. The maximum Gasteiger partial charge on any atom is 0.185 e. The van der Waals surface area contributed by atoms with Crippen LogP contribution in [-0.4, -0.2) is 38.5 Å². The van der Waals surface area contributed by atoms with Gasteiger partial charge in [-0.2, -0.15) is 0 Å². The molecule has 0 aliphatic heterocycles. The van der Waals surface area contributed by atoms with E-state index in [1.165, 1.54) is 12.1 Å². The molecule has 2 aromatic carbocycles. The molecule has 0 aliphatic carbocycles. The van der Waals surface area contributed by atoms with Gasteiger partial charge < -0.3 is 19.4 Å². The molecule has 31 heavy (non-hydrogen) atoms. The van der Waals surface area contributed by atoms with E-state index in [-0.39, 0.29) is 5.82 Å². The van der Waals surface area contributed by atoms with Gasteiger partial charge >= 0.3 is 0 Å². The lowest BCUT2D eigenvalue weighted by Crippen LogP contribution is -2.23. The number of hydrogen-bond donors (Lipinski definition) is 1. The van der Waals surface area contributed by atoms with Gasteiger partial charge in [0.2, 0.25) is 0 Å². The molecule has 0 aliphatic rings. The van der Waals surface area contributed by atoms with E-state index in [0.717, 1.165) is 53.4 Å². The predicted molar refractivity (Wildman–Crippen MR) is 124 cm³/mol. The summed E-state index contributed by atoms with van der Waals surface area (Å²) in [6.45, 7) is 3.67. The van der Waals surface area contributed by atoms with Crippen LogP contribution in [0.2, 0.25) is 5.02 Å². The van der Waals surface area contributed by atoms with E-state index < -0.39 is 0 Å². The monoisotopic (exact) mass is 463 g/mol. The summed E-state index contributed by atoms with van der Waals surface area (Å²) in [5.41, 5.74) is 2.97. The third kappa shape index (κ3) is 6.64. The lowest BCUT2D eigenvalue weighted by Gasteiger charge is -2.10. The minimum absolute atomic E-state index is 0.243. The number of methoxy groups -OCH3 is 2. The molecule has 0 fully saturated rings. The Morgan fingerprint density at radius 3 is 2.68 bits per heavy atom. The zero-order valence-corrected chi connectivity index (χ0v) is 19.3. The Morgan fingerprint density at radius 1 is 1.13 bits per heavy atom. The van der Waals surface area contributed by atoms with Crippen molar-refractivity contribution in [3.63, 3.8) is 0 Å². The van der Waals surface area contributed by atoms with Crippen molar-refractivity contribution in [1.82, 2.24) is 9.88 Å². The van der Waals surface area contributed by atoms with Crippen LogP contribution in [-0.2, 0) is 17.8 Å². The van der Waals surface area contributed by atoms with Gasteiger partial charge in [0.15, 0.2) is 4.80 Å². The zero-order chi connectivity index (χ0) is 22.1. The average molecular weight is 464 g/mol. The van der Waals surface area contributed by atoms with Gasteiger partial charge in [-0.25, -0.2) is 4.39 Å². The topological polar surface area (TPSA) is 47.8 Å². The molecule has 0 amide bonds. The van der Waals surface area contributed by atoms with Crippen molar-refractivity contribution in [3.8, 4) is 17.0 Å². The van der Waals surface area contributed by atoms with Gasteiger partial charge in [0.05, 0.1) is 26.0 Å². The summed E-state index contributed by atoms with van der Waals surface area (Å²) in [5, 5.41) is 6.07. The Kier molecular flexibility index (Phi) is 9.09. The molecule has 5 nitrogen and oxygen atoms in total. The molecule has 1 heterocycles. The second-order valence-corrected chi connectivity index (χ2v) is 8.20. The van der Waals surface area contributed by atoms with Crippen molar-refractivity contribution in [1.29, 1.82) is 0 Å². The molecule has 0 unspecified atom stereocenters. The van der Waals surface area contributed by atoms with Gasteiger partial charge in [-0.1, -0.05) is 17.7 Å². The van der Waals surface area contributed by atoms with Gasteiger partial charge in [-0.15, -0.1) is 11.3 Å². The number of benzene rings is 2. The van der Waals surface area contributed by atoms with Crippen LogP contribution >= 0.6 is 22.9 Å². The molecule has 8 heteroatoms. The summed E-state index contributed by atoms with van der Waals surface area (Å²) >= 11 is 7.65. The number of nitrogens with one attached hydrogen (secondary N) is 1. The minimum Gasteiger partial charge on any atom is -0.496 e. The van der Waals surface area contributed by atoms with Crippen LogP contribution in [0.1, 0.15) is 12.0 Å². The fourth-order valence-electron chi connectivity index (χ4n) is 3.19. The first-order valence-corrected chi connectivity index (χ1v) is 11.3. The van der Waals surface area contributed by atoms with Gasteiger partial charge in [0.1, 0.15) is 11.6 Å². The Balaban J connectivity index is 1.84. The number of aromatic nitrogens is 1. The third-order valence-electron chi connectivity index (χ3n) is 4.79. The highest BCUT2D eigenvalue weighted by Gasteiger charge is 2.09. The van der Waals surface area contributed by atoms with Crippen molar-refractivity contribution in [3.05, 3.63) is 69.0 Å². The zero-order valence-electron chi connectivity index (χ0n) is 17.7. The SMILES string of the molecule is COCCNCCCn1c(-c2ccc(F)cc2)csc1=NCc1ccc(Cl)cc1OC. The number of hydrogen-bond acceptors (Lipinski definition) is 5. The fourth-order valence-corrected chi connectivity index (χ4v) is 4.28. The van der Waals surface area contributed by atoms with Crippen molar-refractivity contribution in [2.24, 2.45) is 4.99 Å². The predicted octanol–water partition coefficient (Wildman–Crippen LogP) is 4.74. The summed E-state index contributed by atoms with van der Waals surface area (Å²) in [4.78, 5) is 5.76. The van der Waals surface area contributed by atoms with E-state index >= 15 is 0 Å². The highest BCUT2D eigenvalue weighted by atomic mass is 35.5. The Morgan fingerprint density at radius 2 is 1.94 bits per heavy atom. The van der Waals surface area contributed by atoms with E-state index in [1.807, 2.05) is 12.1 Å². The second kappa shape index (κ2) is 12.0. The number of thiazole rings is 1. The largest absolute Gasteiger partial charge is 0.496 e. The van der Waals surface area contributed by atoms with Gasteiger partial charge in [-0.05, 0) is 54.9 Å². The fraction of sp³-hybridized carbons (Fsp3) is 0.348. The molecule has 1 aromatic heterocycles. The molecule has 3 aromatic rings. The molecule has 0 radical (unpaired) electrons. The number of nitrogens with zero attached hydrogens (tertiary/aromatic N) is 2. The van der Waals surface area contributed by atoms with Crippen molar-refractivity contribution in [2.45, 2.75) is 19.5 Å². The van der Waals surface area contributed by atoms with Gasteiger partial charge in [0, 0.05) is 36.2 Å². The summed E-state index contributed by atoms with van der Waals surface area (Å²) in [5.74, 6) is 0.480. The number of ether oxygens (including phenoxy) is 2. The average Bonchev–Trinajstić information content (AvgIpc) is 3.18. The van der Waals surface area contributed by atoms with E-state index in [4.69, 9.17) is 26.1 Å². The molecule has 0 spiro atoms. The van der Waals surface area contributed by atoms with E-state index in [0.29, 0.717) is 18.2 Å². The maximum absolute atomic E-state index is 13.4. The molecule has 0 saturated carbocycles.